The Kier molecular flexibility index (Phi) is 26.1. The van der Waals surface area contributed by atoms with Gasteiger partial charge in [0.2, 0.25) is 65.0 Å². The standard InChI is InChI=1S/C60H91N11O12/c1-35(2)29-44(57(80)71-27-21-16-22-28-71)62-49(74)34-67(10)56(79)45-33-48(73)61-38(7)52(75)65-50(37(5)6)60(83)70(13)47(32-42-25-19-15-20-26-42)59(82)69(12)46(30-36(3)4)58(81)68(11)39(8)53(76)66-51(40(9)72)55(78)63-43(54(77)64-45)31-41-23-17-14-18-24-41/h14-15,17-20,23-26,35-40,43-47,50-51,72H,16,21-22,27-34H2,1-13H3,(H,61,73)(H,62,74)(H,63,78)(H,64,77)(H,65,75)(H,66,76)/t38-,39+,40-,43+,44+,45-,46+,47+,50+,51+/m1/s1. The number of rotatable bonds is 15. The van der Waals surface area contributed by atoms with Gasteiger partial charge in [0.25, 0.3) is 0 Å². The third kappa shape index (κ3) is 19.9. The number of likely N-dealkylation sites (N-methyl/N-ethyl adjacent to an activating group) is 4. The van der Waals surface area contributed by atoms with Gasteiger partial charge in [0.15, 0.2) is 0 Å². The van der Waals surface area contributed by atoms with Gasteiger partial charge in [0.1, 0.15) is 54.4 Å². The average molecular weight is 1160 g/mol. The molecule has 83 heavy (non-hydrogen) atoms. The van der Waals surface area contributed by atoms with Crippen molar-refractivity contribution in [1.82, 2.24) is 56.4 Å². The zero-order valence-corrected chi connectivity index (χ0v) is 50.7. The van der Waals surface area contributed by atoms with E-state index in [0.29, 0.717) is 30.6 Å². The molecule has 23 nitrogen and oxygen atoms in total. The molecule has 23 heteroatoms. The minimum atomic E-state index is -1.77. The lowest BCUT2D eigenvalue weighted by Crippen LogP contribution is -2.62. The van der Waals surface area contributed by atoms with Crippen LogP contribution in [0.15, 0.2) is 60.7 Å². The Balaban J connectivity index is 1.82. The number of hydrogen-bond donors (Lipinski definition) is 7. The molecule has 7 N–H and O–H groups in total. The van der Waals surface area contributed by atoms with E-state index in [1.807, 2.05) is 27.7 Å². The Bertz CT molecular complexity index is 2580. The van der Waals surface area contributed by atoms with Crippen LogP contribution in [-0.4, -0.2) is 203 Å². The van der Waals surface area contributed by atoms with E-state index in [2.05, 4.69) is 31.9 Å². The number of hydrogen-bond acceptors (Lipinski definition) is 12. The van der Waals surface area contributed by atoms with Crippen LogP contribution >= 0.6 is 0 Å². The Hall–Kier alpha value is -7.43. The number of aliphatic hydroxyl groups excluding tert-OH is 1. The van der Waals surface area contributed by atoms with Gasteiger partial charge in [-0.05, 0) is 81.8 Å². The molecule has 0 bridgehead atoms. The van der Waals surface area contributed by atoms with Gasteiger partial charge in [0.05, 0.1) is 19.1 Å². The summed E-state index contributed by atoms with van der Waals surface area (Å²) in [5, 5.41) is 26.8. The van der Waals surface area contributed by atoms with Gasteiger partial charge < -0.3 is 61.5 Å². The van der Waals surface area contributed by atoms with E-state index in [4.69, 9.17) is 0 Å². The lowest BCUT2D eigenvalue weighted by atomic mass is 9.97. The van der Waals surface area contributed by atoms with E-state index in [1.54, 1.807) is 79.4 Å². The molecule has 2 fully saturated rings. The van der Waals surface area contributed by atoms with Gasteiger partial charge in [-0.15, -0.1) is 0 Å². The maximum Gasteiger partial charge on any atom is 0.246 e. The number of aliphatic hydroxyl groups is 1. The number of benzene rings is 2. The number of carbonyl (C=O) groups excluding carboxylic acids is 11. The van der Waals surface area contributed by atoms with Crippen molar-refractivity contribution in [1.29, 1.82) is 0 Å². The zero-order chi connectivity index (χ0) is 62.0. The van der Waals surface area contributed by atoms with Crippen molar-refractivity contribution in [2.75, 3.05) is 47.8 Å². The fourth-order valence-electron chi connectivity index (χ4n) is 10.1. The Morgan fingerprint density at radius 1 is 0.627 bits per heavy atom. The summed E-state index contributed by atoms with van der Waals surface area (Å²) in [7, 11) is 5.49. The Morgan fingerprint density at radius 3 is 1.71 bits per heavy atom. The maximum atomic E-state index is 15.0. The lowest BCUT2D eigenvalue weighted by molar-refractivity contribution is -0.153. The third-order valence-electron chi connectivity index (χ3n) is 15.2. The summed E-state index contributed by atoms with van der Waals surface area (Å²) in [5.74, 6) is -9.20. The zero-order valence-electron chi connectivity index (χ0n) is 50.7. The van der Waals surface area contributed by atoms with Crippen LogP contribution in [0.3, 0.4) is 0 Å². The summed E-state index contributed by atoms with van der Waals surface area (Å²) < 4.78 is 0. The Morgan fingerprint density at radius 2 is 1.17 bits per heavy atom. The molecule has 458 valence electrons. The molecule has 2 aromatic rings. The first-order chi connectivity index (χ1) is 39.0. The first-order valence-corrected chi connectivity index (χ1v) is 28.9. The minimum Gasteiger partial charge on any atom is -0.391 e. The van der Waals surface area contributed by atoms with E-state index in [0.717, 1.165) is 29.1 Å². The summed E-state index contributed by atoms with van der Waals surface area (Å²) in [5.41, 5.74) is 1.21. The first-order valence-electron chi connectivity index (χ1n) is 28.9. The molecule has 0 unspecified atom stereocenters. The topological polar surface area (TPSA) is 296 Å². The smallest absolute Gasteiger partial charge is 0.246 e. The van der Waals surface area contributed by atoms with Gasteiger partial charge in [-0.3, -0.25) is 52.7 Å². The van der Waals surface area contributed by atoms with Gasteiger partial charge in [-0.25, -0.2) is 0 Å². The van der Waals surface area contributed by atoms with Crippen molar-refractivity contribution in [3.63, 3.8) is 0 Å². The van der Waals surface area contributed by atoms with Crippen molar-refractivity contribution in [2.45, 2.75) is 174 Å². The molecule has 0 radical (unpaired) electrons. The molecule has 2 heterocycles. The van der Waals surface area contributed by atoms with Crippen molar-refractivity contribution in [3.8, 4) is 0 Å². The van der Waals surface area contributed by atoms with E-state index in [9.17, 15) is 57.8 Å². The highest BCUT2D eigenvalue weighted by atomic mass is 16.3. The van der Waals surface area contributed by atoms with Crippen LogP contribution in [0.4, 0.5) is 0 Å². The maximum absolute atomic E-state index is 15.0. The van der Waals surface area contributed by atoms with Crippen LogP contribution < -0.4 is 31.9 Å². The van der Waals surface area contributed by atoms with Crippen molar-refractivity contribution >= 4 is 65.0 Å². The molecular weight excluding hydrogens is 1070 g/mol. The molecular formula is C60H91N11O12. The van der Waals surface area contributed by atoms with Gasteiger partial charge in [-0.2, -0.15) is 0 Å². The van der Waals surface area contributed by atoms with Crippen LogP contribution in [0.1, 0.15) is 112 Å². The molecule has 2 saturated heterocycles. The van der Waals surface area contributed by atoms with Crippen LogP contribution in [0.25, 0.3) is 0 Å². The monoisotopic (exact) mass is 1160 g/mol. The normalized spacial score (nSPS) is 24.4. The predicted octanol–water partition coefficient (Wildman–Crippen LogP) is 0.905. The summed E-state index contributed by atoms with van der Waals surface area (Å²) in [6.07, 6.45) is 0.475. The quantitative estimate of drug-likeness (QED) is 0.131. The molecule has 11 amide bonds. The molecule has 0 aromatic heterocycles. The summed E-state index contributed by atoms with van der Waals surface area (Å²) in [6.45, 7) is 15.4. The number of nitrogens with one attached hydrogen (secondary N) is 6. The van der Waals surface area contributed by atoms with Crippen LogP contribution in [0.5, 0.6) is 0 Å². The van der Waals surface area contributed by atoms with E-state index in [1.165, 1.54) is 58.8 Å². The van der Waals surface area contributed by atoms with E-state index < -0.39 is 138 Å². The fraction of sp³-hybridized carbons (Fsp3) is 0.617. The van der Waals surface area contributed by atoms with Crippen molar-refractivity contribution in [2.24, 2.45) is 17.8 Å². The minimum absolute atomic E-state index is 0.00291. The molecule has 0 aliphatic carbocycles. The number of piperidine rings is 1. The lowest BCUT2D eigenvalue weighted by Gasteiger charge is -2.38. The summed E-state index contributed by atoms with van der Waals surface area (Å²) in [4.78, 5) is 164. The van der Waals surface area contributed by atoms with Crippen LogP contribution in [-0.2, 0) is 65.6 Å². The highest BCUT2D eigenvalue weighted by Crippen LogP contribution is 2.21. The fourth-order valence-corrected chi connectivity index (χ4v) is 10.1. The van der Waals surface area contributed by atoms with Gasteiger partial charge in [0, 0.05) is 54.1 Å². The second-order valence-electron chi connectivity index (χ2n) is 23.5. The highest BCUT2D eigenvalue weighted by Gasteiger charge is 2.42. The van der Waals surface area contributed by atoms with Crippen molar-refractivity contribution in [3.05, 3.63) is 71.8 Å². The largest absolute Gasteiger partial charge is 0.391 e. The van der Waals surface area contributed by atoms with Crippen LogP contribution in [0.2, 0.25) is 0 Å². The SMILES string of the molecule is CC(C)C[C@H](NC(=O)CN(C)C(=O)[C@H]1CC(=O)N[C@H](C)C(=O)N[C@@H](C(C)C)C(=O)N(C)[C@@H](Cc2ccccc2)C(=O)N(C)[C@@H](CC(C)C)C(=O)N(C)[C@@H](C)C(=O)N[C@@H]([C@@H](C)O)C(=O)N[C@@H](Cc2ccccc2)C(=O)N1)C(=O)N1CCCCC1. The van der Waals surface area contributed by atoms with Crippen LogP contribution in [0, 0.1) is 17.8 Å². The number of carbonyl (C=O) groups is 11. The molecule has 2 aliphatic heterocycles. The number of likely N-dealkylation sites (tertiary alicyclic amines) is 1. The number of amides is 11. The highest BCUT2D eigenvalue weighted by molar-refractivity contribution is 6.00. The third-order valence-corrected chi connectivity index (χ3v) is 15.2. The molecule has 10 atom stereocenters. The van der Waals surface area contributed by atoms with Crippen molar-refractivity contribution < 1.29 is 57.8 Å². The van der Waals surface area contributed by atoms with E-state index in [-0.39, 0.29) is 37.0 Å². The average Bonchev–Trinajstić information content (AvgIpc) is 3.50. The molecule has 2 aliphatic rings. The molecule has 2 aromatic carbocycles. The first kappa shape index (κ1) is 68.1. The second kappa shape index (κ2) is 31.9. The summed E-state index contributed by atoms with van der Waals surface area (Å²) in [6, 6.07) is 5.06. The van der Waals surface area contributed by atoms with E-state index >= 15 is 0 Å². The molecule has 0 spiro atoms. The second-order valence-corrected chi connectivity index (χ2v) is 23.5. The predicted molar refractivity (Wildman–Crippen MR) is 311 cm³/mol. The number of nitrogens with zero attached hydrogens (tertiary/aromatic N) is 5. The Labute approximate surface area is 489 Å². The molecule has 4 rings (SSSR count). The molecule has 0 saturated carbocycles. The summed E-state index contributed by atoms with van der Waals surface area (Å²) >= 11 is 0. The van der Waals surface area contributed by atoms with Gasteiger partial charge in [-0.1, -0.05) is 102 Å². The van der Waals surface area contributed by atoms with Gasteiger partial charge >= 0.3 is 0 Å².